The summed E-state index contributed by atoms with van der Waals surface area (Å²) in [6.45, 7) is 1.90. The van der Waals surface area contributed by atoms with Crippen LogP contribution in [0.15, 0.2) is 60.8 Å². The highest BCUT2D eigenvalue weighted by atomic mass is 16.5. The first kappa shape index (κ1) is 18.6. The zero-order valence-corrected chi connectivity index (χ0v) is 17.1. The first-order chi connectivity index (χ1) is 14.8. The van der Waals surface area contributed by atoms with Crippen LogP contribution >= 0.6 is 0 Å². The lowest BCUT2D eigenvalue weighted by Gasteiger charge is -2.23. The molecule has 0 spiro atoms. The number of aryl methyl sites for hydroxylation is 1. The maximum atomic E-state index is 6.14. The number of fused-ring (bicyclic) bond motifs is 1. The van der Waals surface area contributed by atoms with Crippen LogP contribution in [0.25, 0.3) is 16.7 Å². The molecule has 0 unspecified atom stereocenters. The zero-order chi connectivity index (χ0) is 20.3. The monoisotopic (exact) mass is 399 g/mol. The van der Waals surface area contributed by atoms with Gasteiger partial charge in [-0.3, -0.25) is 0 Å². The van der Waals surface area contributed by atoms with Gasteiger partial charge in [0.1, 0.15) is 17.4 Å². The number of ether oxygens (including phenoxy) is 1. The summed E-state index contributed by atoms with van der Waals surface area (Å²) >= 11 is 0. The number of para-hydroxylation sites is 1. The van der Waals surface area contributed by atoms with Gasteiger partial charge in [-0.15, -0.1) is 0 Å². The lowest BCUT2D eigenvalue weighted by Crippen LogP contribution is -2.19. The van der Waals surface area contributed by atoms with Crippen molar-refractivity contribution in [1.82, 2.24) is 19.7 Å². The van der Waals surface area contributed by atoms with E-state index in [2.05, 4.69) is 20.4 Å². The van der Waals surface area contributed by atoms with Gasteiger partial charge in [0.15, 0.2) is 5.65 Å². The minimum absolute atomic E-state index is 0.352. The summed E-state index contributed by atoms with van der Waals surface area (Å²) in [5.74, 6) is 2.37. The van der Waals surface area contributed by atoms with Crippen LogP contribution in [0.4, 0.5) is 11.5 Å². The lowest BCUT2D eigenvalue weighted by atomic mass is 9.98. The van der Waals surface area contributed by atoms with Crippen LogP contribution < -0.4 is 10.1 Å². The number of hydrogen-bond donors (Lipinski definition) is 1. The summed E-state index contributed by atoms with van der Waals surface area (Å²) in [7, 11) is 0. The quantitative estimate of drug-likeness (QED) is 0.475. The molecule has 0 bridgehead atoms. The zero-order valence-electron chi connectivity index (χ0n) is 17.1. The van der Waals surface area contributed by atoms with E-state index in [1.54, 1.807) is 0 Å². The fourth-order valence-corrected chi connectivity index (χ4v) is 4.00. The average molecular weight is 399 g/mol. The Bertz CT molecular complexity index is 1130. The summed E-state index contributed by atoms with van der Waals surface area (Å²) in [5.41, 5.74) is 2.71. The smallest absolute Gasteiger partial charge is 0.168 e. The second kappa shape index (κ2) is 8.14. The third-order valence-electron chi connectivity index (χ3n) is 5.51. The summed E-state index contributed by atoms with van der Waals surface area (Å²) in [6, 6.07) is 18.1. The number of aromatic nitrogens is 4. The molecule has 1 saturated carbocycles. The molecule has 0 radical (unpaired) electrons. The summed E-state index contributed by atoms with van der Waals surface area (Å²) < 4.78 is 7.98. The predicted molar refractivity (Wildman–Crippen MR) is 119 cm³/mol. The molecule has 4 aromatic rings. The Morgan fingerprint density at radius 1 is 0.933 bits per heavy atom. The Balaban J connectivity index is 1.39. The molecule has 0 atom stereocenters. The van der Waals surface area contributed by atoms with Crippen molar-refractivity contribution in [3.63, 3.8) is 0 Å². The highest BCUT2D eigenvalue weighted by Crippen LogP contribution is 2.28. The van der Waals surface area contributed by atoms with Crippen LogP contribution in [0.3, 0.4) is 0 Å². The molecule has 0 aliphatic heterocycles. The van der Waals surface area contributed by atoms with E-state index in [0.717, 1.165) is 46.8 Å². The van der Waals surface area contributed by atoms with E-state index in [0.29, 0.717) is 11.9 Å². The number of rotatable bonds is 5. The Labute approximate surface area is 175 Å². The Hall–Kier alpha value is -3.41. The van der Waals surface area contributed by atoms with Gasteiger partial charge in [0.2, 0.25) is 0 Å². The number of hydrogen-bond acceptors (Lipinski definition) is 5. The molecule has 2 heterocycles. The molecule has 5 rings (SSSR count). The van der Waals surface area contributed by atoms with Crippen LogP contribution in [0.2, 0.25) is 0 Å². The van der Waals surface area contributed by atoms with Gasteiger partial charge in [0, 0.05) is 5.69 Å². The van der Waals surface area contributed by atoms with Gasteiger partial charge in [-0.2, -0.15) is 5.10 Å². The standard InChI is InChI=1S/C24H25N5O/c1-17-26-23(22-16-25-29(24(22)27-17)19-8-4-2-5-9-19)28-18-12-14-21(15-13-18)30-20-10-6-3-7-11-20/h2,4-5,8-9,12-16,20H,3,6-7,10-11H2,1H3,(H,26,27,28). The van der Waals surface area contributed by atoms with Gasteiger partial charge in [0.25, 0.3) is 0 Å². The van der Waals surface area contributed by atoms with Crippen LogP contribution in [0, 0.1) is 6.92 Å². The third-order valence-corrected chi connectivity index (χ3v) is 5.51. The van der Waals surface area contributed by atoms with Gasteiger partial charge >= 0.3 is 0 Å². The van der Waals surface area contributed by atoms with Crippen molar-refractivity contribution in [1.29, 1.82) is 0 Å². The Morgan fingerprint density at radius 2 is 1.70 bits per heavy atom. The van der Waals surface area contributed by atoms with Crippen molar-refractivity contribution in [3.8, 4) is 11.4 Å². The molecule has 6 nitrogen and oxygen atoms in total. The van der Waals surface area contributed by atoms with Gasteiger partial charge < -0.3 is 10.1 Å². The predicted octanol–water partition coefficient (Wildman–Crippen LogP) is 5.58. The van der Waals surface area contributed by atoms with Gasteiger partial charge in [0.05, 0.1) is 23.4 Å². The van der Waals surface area contributed by atoms with Crippen molar-refractivity contribution >= 4 is 22.5 Å². The van der Waals surface area contributed by atoms with E-state index >= 15 is 0 Å². The first-order valence-electron chi connectivity index (χ1n) is 10.6. The molecule has 6 heteroatoms. The van der Waals surface area contributed by atoms with E-state index in [-0.39, 0.29) is 0 Å². The maximum absolute atomic E-state index is 6.14. The lowest BCUT2D eigenvalue weighted by molar-refractivity contribution is 0.155. The Kier molecular flexibility index (Phi) is 5.05. The summed E-state index contributed by atoms with van der Waals surface area (Å²) in [6.07, 6.45) is 8.34. The van der Waals surface area contributed by atoms with Gasteiger partial charge in [-0.05, 0) is 69.0 Å². The minimum atomic E-state index is 0.352. The molecule has 0 amide bonds. The van der Waals surface area contributed by atoms with Crippen LogP contribution in [0.1, 0.15) is 37.9 Å². The number of nitrogens with zero attached hydrogens (tertiary/aromatic N) is 4. The molecule has 152 valence electrons. The highest BCUT2D eigenvalue weighted by molar-refractivity contribution is 5.89. The molecule has 0 saturated heterocycles. The van der Waals surface area contributed by atoms with E-state index in [4.69, 9.17) is 4.74 Å². The van der Waals surface area contributed by atoms with Crippen LogP contribution in [-0.2, 0) is 0 Å². The molecular weight excluding hydrogens is 374 g/mol. The summed E-state index contributed by atoms with van der Waals surface area (Å²) in [4.78, 5) is 9.24. The minimum Gasteiger partial charge on any atom is -0.490 e. The van der Waals surface area contributed by atoms with E-state index in [1.807, 2.05) is 72.4 Å². The summed E-state index contributed by atoms with van der Waals surface area (Å²) in [5, 5.41) is 8.85. The van der Waals surface area contributed by atoms with Crippen molar-refractivity contribution in [3.05, 3.63) is 66.6 Å². The van der Waals surface area contributed by atoms with Crippen molar-refractivity contribution < 1.29 is 4.74 Å². The first-order valence-corrected chi connectivity index (χ1v) is 10.6. The molecule has 2 aromatic carbocycles. The van der Waals surface area contributed by atoms with Crippen LogP contribution in [0.5, 0.6) is 5.75 Å². The molecule has 2 aromatic heterocycles. The molecular formula is C24H25N5O. The van der Waals surface area contributed by atoms with Gasteiger partial charge in [-0.1, -0.05) is 24.6 Å². The Morgan fingerprint density at radius 3 is 2.47 bits per heavy atom. The molecule has 30 heavy (non-hydrogen) atoms. The topological polar surface area (TPSA) is 64.9 Å². The molecule has 1 aliphatic carbocycles. The number of anilines is 2. The largest absolute Gasteiger partial charge is 0.490 e. The fourth-order valence-electron chi connectivity index (χ4n) is 4.00. The number of nitrogens with one attached hydrogen (secondary N) is 1. The van der Waals surface area contributed by atoms with Crippen molar-refractivity contribution in [2.24, 2.45) is 0 Å². The number of benzene rings is 2. The molecule has 1 N–H and O–H groups in total. The van der Waals surface area contributed by atoms with Crippen molar-refractivity contribution in [2.45, 2.75) is 45.1 Å². The van der Waals surface area contributed by atoms with E-state index < -0.39 is 0 Å². The molecule has 1 aliphatic rings. The second-order valence-corrected chi connectivity index (χ2v) is 7.78. The van der Waals surface area contributed by atoms with Crippen LogP contribution in [-0.4, -0.2) is 25.9 Å². The average Bonchev–Trinajstić information content (AvgIpc) is 3.20. The molecule has 1 fully saturated rings. The van der Waals surface area contributed by atoms with E-state index in [1.165, 1.54) is 19.3 Å². The fraction of sp³-hybridized carbons (Fsp3) is 0.292. The van der Waals surface area contributed by atoms with Gasteiger partial charge in [-0.25, -0.2) is 14.6 Å². The third kappa shape index (κ3) is 3.85. The van der Waals surface area contributed by atoms with Crippen molar-refractivity contribution in [2.75, 3.05) is 5.32 Å². The van der Waals surface area contributed by atoms with E-state index in [9.17, 15) is 0 Å². The highest BCUT2D eigenvalue weighted by Gasteiger charge is 2.15. The normalized spacial score (nSPS) is 14.7. The maximum Gasteiger partial charge on any atom is 0.168 e. The SMILES string of the molecule is Cc1nc(Nc2ccc(OC3CCCCC3)cc2)c2cnn(-c3ccccc3)c2n1. The second-order valence-electron chi connectivity index (χ2n) is 7.78.